The van der Waals surface area contributed by atoms with Crippen LogP contribution in [0.2, 0.25) is 0 Å². The van der Waals surface area contributed by atoms with E-state index in [9.17, 15) is 35.5 Å². The van der Waals surface area contributed by atoms with Crippen LogP contribution in [0.4, 0.5) is 0 Å². The van der Waals surface area contributed by atoms with Gasteiger partial charge in [0.25, 0.3) is 31.9 Å². The zero-order valence-corrected chi connectivity index (χ0v) is 27.8. The SMILES string of the molecule is O=c1c2ccccc2nc(-c2ccc(OS(=O)(=O)[O-])cc2)n1CCCCCCn1c(-c2ccc(OS(=O)(=O)[O-])cc2)nc2ccccc2c1=O. The molecule has 4 aromatic carbocycles. The summed E-state index contributed by atoms with van der Waals surface area (Å²) in [7, 11) is -9.90. The van der Waals surface area contributed by atoms with E-state index in [4.69, 9.17) is 9.97 Å². The van der Waals surface area contributed by atoms with Crippen molar-refractivity contribution < 1.29 is 34.3 Å². The Hall–Kier alpha value is -5.42. The highest BCUT2D eigenvalue weighted by Gasteiger charge is 2.15. The molecule has 0 unspecified atom stereocenters. The predicted octanol–water partition coefficient (Wildman–Crippen LogP) is 4.38. The molecule has 0 fully saturated rings. The zero-order valence-electron chi connectivity index (χ0n) is 26.2. The largest absolute Gasteiger partial charge is 0.716 e. The van der Waals surface area contributed by atoms with E-state index < -0.39 is 20.8 Å². The summed E-state index contributed by atoms with van der Waals surface area (Å²) in [5.41, 5.74) is 1.55. The summed E-state index contributed by atoms with van der Waals surface area (Å²) < 4.78 is 77.9. The number of hydrogen-bond donors (Lipinski definition) is 0. The van der Waals surface area contributed by atoms with Crippen LogP contribution in [0.1, 0.15) is 25.7 Å². The summed E-state index contributed by atoms with van der Waals surface area (Å²) in [5.74, 6) is 0.409. The number of aromatic nitrogens is 4. The molecule has 0 aliphatic heterocycles. The van der Waals surface area contributed by atoms with Crippen LogP contribution in [0, 0.1) is 0 Å². The molecule has 0 N–H and O–H groups in total. The van der Waals surface area contributed by atoms with Gasteiger partial charge in [-0.15, -0.1) is 0 Å². The quantitative estimate of drug-likeness (QED) is 0.0929. The van der Waals surface area contributed by atoms with Gasteiger partial charge in [-0.3, -0.25) is 18.7 Å². The summed E-state index contributed by atoms with van der Waals surface area (Å²) in [6.45, 7) is 0.658. The minimum atomic E-state index is -4.95. The molecule has 0 saturated carbocycles. The van der Waals surface area contributed by atoms with Crippen LogP contribution in [0.5, 0.6) is 11.5 Å². The third-order valence-electron chi connectivity index (χ3n) is 7.86. The second kappa shape index (κ2) is 14.2. The first kappa shape index (κ1) is 34.4. The highest BCUT2D eigenvalue weighted by atomic mass is 32.3. The highest BCUT2D eigenvalue weighted by molar-refractivity contribution is 7.81. The second-order valence-corrected chi connectivity index (χ2v) is 13.2. The molecule has 0 aliphatic carbocycles. The lowest BCUT2D eigenvalue weighted by molar-refractivity contribution is 0.370. The Balaban J connectivity index is 1.19. The Bertz CT molecular complexity index is 2360. The lowest BCUT2D eigenvalue weighted by Gasteiger charge is -2.15. The Morgan fingerprint density at radius 2 is 0.880 bits per heavy atom. The summed E-state index contributed by atoms with van der Waals surface area (Å²) in [6.07, 6.45) is 2.61. The maximum absolute atomic E-state index is 13.6. The lowest BCUT2D eigenvalue weighted by Crippen LogP contribution is -2.24. The van der Waals surface area contributed by atoms with E-state index >= 15 is 0 Å². The summed E-state index contributed by atoms with van der Waals surface area (Å²) in [6, 6.07) is 25.2. The maximum atomic E-state index is 13.6. The van der Waals surface area contributed by atoms with Crippen molar-refractivity contribution in [2.24, 2.45) is 0 Å². The Morgan fingerprint density at radius 1 is 0.520 bits per heavy atom. The minimum Gasteiger partial charge on any atom is -0.716 e. The van der Waals surface area contributed by atoms with Crippen molar-refractivity contribution in [3.8, 4) is 34.3 Å². The number of nitrogens with zero attached hydrogens (tertiary/aromatic N) is 4. The monoisotopic (exact) mass is 716 g/mol. The van der Waals surface area contributed by atoms with E-state index in [0.717, 1.165) is 0 Å². The zero-order chi connectivity index (χ0) is 35.5. The fourth-order valence-corrected chi connectivity index (χ4v) is 6.33. The van der Waals surface area contributed by atoms with E-state index in [1.54, 1.807) is 57.7 Å². The summed E-state index contributed by atoms with van der Waals surface area (Å²) in [4.78, 5) is 36.5. The predicted molar refractivity (Wildman–Crippen MR) is 182 cm³/mol. The van der Waals surface area contributed by atoms with E-state index in [2.05, 4.69) is 8.37 Å². The van der Waals surface area contributed by atoms with Crippen molar-refractivity contribution >= 4 is 42.6 Å². The average Bonchev–Trinajstić information content (AvgIpc) is 3.07. The molecule has 0 bridgehead atoms. The van der Waals surface area contributed by atoms with Gasteiger partial charge in [0.2, 0.25) is 0 Å². The first-order valence-electron chi connectivity index (χ1n) is 15.4. The van der Waals surface area contributed by atoms with Gasteiger partial charge in [-0.1, -0.05) is 37.1 Å². The number of para-hydroxylation sites is 2. The van der Waals surface area contributed by atoms with Crippen LogP contribution in [-0.4, -0.2) is 45.0 Å². The highest BCUT2D eigenvalue weighted by Crippen LogP contribution is 2.25. The topological polar surface area (TPSA) is 203 Å². The molecule has 50 heavy (non-hydrogen) atoms. The van der Waals surface area contributed by atoms with E-state index in [0.29, 0.717) is 83.4 Å². The molecule has 14 nitrogen and oxygen atoms in total. The van der Waals surface area contributed by atoms with Crippen molar-refractivity contribution in [1.29, 1.82) is 0 Å². The Morgan fingerprint density at radius 3 is 1.24 bits per heavy atom. The molecule has 0 aliphatic rings. The molecule has 0 atom stereocenters. The first-order chi connectivity index (χ1) is 23.9. The van der Waals surface area contributed by atoms with Gasteiger partial charge in [0, 0.05) is 24.2 Å². The molecule has 6 rings (SSSR count). The smallest absolute Gasteiger partial charge is 0.262 e. The van der Waals surface area contributed by atoms with Crippen LogP contribution < -0.4 is 19.5 Å². The molecule has 0 radical (unpaired) electrons. The molecule has 16 heteroatoms. The van der Waals surface area contributed by atoms with Crippen LogP contribution in [-0.2, 0) is 33.9 Å². The molecule has 0 saturated heterocycles. The number of rotatable bonds is 13. The van der Waals surface area contributed by atoms with E-state index in [1.165, 1.54) is 48.5 Å². The molecule has 2 aromatic heterocycles. The van der Waals surface area contributed by atoms with E-state index in [-0.39, 0.29) is 22.6 Å². The fourth-order valence-electron chi connectivity index (χ4n) is 5.64. The average molecular weight is 717 g/mol. The Labute approximate surface area is 286 Å². The molecule has 6 aromatic rings. The van der Waals surface area contributed by atoms with Crippen LogP contribution in [0.3, 0.4) is 0 Å². The van der Waals surface area contributed by atoms with Gasteiger partial charge >= 0.3 is 0 Å². The molecular formula is C34H28N4O10S2-2. The molecule has 0 amide bonds. The summed E-state index contributed by atoms with van der Waals surface area (Å²) in [5, 5.41) is 0.886. The minimum absolute atomic E-state index is 0.164. The van der Waals surface area contributed by atoms with Crippen molar-refractivity contribution in [3.63, 3.8) is 0 Å². The number of benzene rings is 4. The second-order valence-electron chi connectivity index (χ2n) is 11.3. The van der Waals surface area contributed by atoms with Crippen molar-refractivity contribution in [2.75, 3.05) is 0 Å². The molecule has 258 valence electrons. The number of hydrogen-bond acceptors (Lipinski definition) is 12. The number of unbranched alkanes of at least 4 members (excludes halogenated alkanes) is 3. The Kier molecular flexibility index (Phi) is 9.79. The molecule has 2 heterocycles. The summed E-state index contributed by atoms with van der Waals surface area (Å²) >= 11 is 0. The van der Waals surface area contributed by atoms with Crippen LogP contribution >= 0.6 is 0 Å². The van der Waals surface area contributed by atoms with Gasteiger partial charge in [-0.05, 0) is 85.6 Å². The van der Waals surface area contributed by atoms with Crippen LogP contribution in [0.25, 0.3) is 44.6 Å². The van der Waals surface area contributed by atoms with Gasteiger partial charge in [-0.25, -0.2) is 26.8 Å². The van der Waals surface area contributed by atoms with Gasteiger partial charge < -0.3 is 17.5 Å². The third-order valence-corrected chi connectivity index (χ3v) is 8.65. The standard InChI is InChI=1S/C34H30N4O10S2/c39-33-27-9-3-5-11-29(27)35-31(23-13-17-25(18-14-23)47-49(41,42)43)37(33)21-7-1-2-8-22-38-32(36-30-12-6-4-10-28(30)34(38)40)24-15-19-26(20-16-24)48-50(44,45)46/h3-6,9-20H,1-2,7-8,21-22H2,(H,41,42,43)(H,44,45,46)/p-2. The third kappa shape index (κ3) is 8.06. The maximum Gasteiger partial charge on any atom is 0.262 e. The van der Waals surface area contributed by atoms with Crippen molar-refractivity contribution in [1.82, 2.24) is 19.1 Å². The van der Waals surface area contributed by atoms with Gasteiger partial charge in [-0.2, -0.15) is 0 Å². The van der Waals surface area contributed by atoms with Crippen molar-refractivity contribution in [3.05, 3.63) is 118 Å². The van der Waals surface area contributed by atoms with E-state index in [1.807, 2.05) is 0 Å². The first-order valence-corrected chi connectivity index (χ1v) is 18.0. The number of fused-ring (bicyclic) bond motifs is 2. The fraction of sp³-hybridized carbons (Fsp3) is 0.176. The van der Waals surface area contributed by atoms with Gasteiger partial charge in [0.1, 0.15) is 23.1 Å². The van der Waals surface area contributed by atoms with Gasteiger partial charge in [0.05, 0.1) is 21.8 Å². The van der Waals surface area contributed by atoms with Crippen LogP contribution in [0.15, 0.2) is 107 Å². The van der Waals surface area contributed by atoms with Gasteiger partial charge in [0.15, 0.2) is 0 Å². The molecule has 0 spiro atoms. The lowest BCUT2D eigenvalue weighted by atomic mass is 10.1. The van der Waals surface area contributed by atoms with Crippen molar-refractivity contribution in [2.45, 2.75) is 38.8 Å². The normalized spacial score (nSPS) is 12.0. The molecular weight excluding hydrogens is 689 g/mol.